The SMILES string of the molecule is CCC(CC)(CN)C(=O)NCc1cnc(C)cn1. The Balaban J connectivity index is 2.62. The molecule has 0 aliphatic rings. The zero-order valence-corrected chi connectivity index (χ0v) is 11.4. The minimum absolute atomic E-state index is 0.00243. The molecule has 0 aliphatic heterocycles. The highest BCUT2D eigenvalue weighted by atomic mass is 16.2. The van der Waals surface area contributed by atoms with Crippen molar-refractivity contribution in [1.29, 1.82) is 0 Å². The average molecular weight is 250 g/mol. The van der Waals surface area contributed by atoms with E-state index in [2.05, 4.69) is 15.3 Å². The van der Waals surface area contributed by atoms with Crippen molar-refractivity contribution in [3.8, 4) is 0 Å². The predicted octanol–water partition coefficient (Wildman–Crippen LogP) is 1.17. The van der Waals surface area contributed by atoms with Gasteiger partial charge in [-0.05, 0) is 19.8 Å². The molecule has 18 heavy (non-hydrogen) atoms. The Labute approximate surface area is 108 Å². The molecule has 100 valence electrons. The molecule has 1 rings (SSSR count). The van der Waals surface area contributed by atoms with Gasteiger partial charge in [-0.25, -0.2) is 0 Å². The molecule has 1 aromatic heterocycles. The highest BCUT2D eigenvalue weighted by molar-refractivity contribution is 5.82. The second-order valence-electron chi connectivity index (χ2n) is 4.52. The number of carbonyl (C=O) groups is 1. The van der Waals surface area contributed by atoms with Gasteiger partial charge in [0.1, 0.15) is 0 Å². The molecule has 3 N–H and O–H groups in total. The first kappa shape index (κ1) is 14.6. The van der Waals surface area contributed by atoms with Crippen LogP contribution in [0.4, 0.5) is 0 Å². The molecular weight excluding hydrogens is 228 g/mol. The van der Waals surface area contributed by atoms with E-state index >= 15 is 0 Å². The first-order valence-corrected chi connectivity index (χ1v) is 6.34. The number of nitrogens with one attached hydrogen (secondary N) is 1. The number of aryl methyl sites for hydroxylation is 1. The number of aromatic nitrogens is 2. The largest absolute Gasteiger partial charge is 0.350 e. The van der Waals surface area contributed by atoms with Gasteiger partial charge >= 0.3 is 0 Å². The van der Waals surface area contributed by atoms with Gasteiger partial charge in [0.25, 0.3) is 0 Å². The summed E-state index contributed by atoms with van der Waals surface area (Å²) in [6, 6.07) is 0. The van der Waals surface area contributed by atoms with Crippen LogP contribution in [0.25, 0.3) is 0 Å². The van der Waals surface area contributed by atoms with Gasteiger partial charge in [0.2, 0.25) is 5.91 Å². The quantitative estimate of drug-likeness (QED) is 0.794. The van der Waals surface area contributed by atoms with Crippen molar-refractivity contribution in [2.45, 2.75) is 40.2 Å². The van der Waals surface area contributed by atoms with Gasteiger partial charge in [-0.2, -0.15) is 0 Å². The van der Waals surface area contributed by atoms with Crippen LogP contribution >= 0.6 is 0 Å². The summed E-state index contributed by atoms with van der Waals surface area (Å²) < 4.78 is 0. The summed E-state index contributed by atoms with van der Waals surface area (Å²) in [5.74, 6) is -0.00243. The first-order valence-electron chi connectivity index (χ1n) is 6.34. The molecule has 1 heterocycles. The second kappa shape index (κ2) is 6.44. The number of hydrogen-bond acceptors (Lipinski definition) is 4. The molecule has 1 aromatic rings. The summed E-state index contributed by atoms with van der Waals surface area (Å²) in [6.07, 6.45) is 4.85. The smallest absolute Gasteiger partial charge is 0.227 e. The molecule has 0 saturated carbocycles. The third kappa shape index (κ3) is 3.26. The Hall–Kier alpha value is -1.49. The van der Waals surface area contributed by atoms with Crippen molar-refractivity contribution in [1.82, 2.24) is 15.3 Å². The summed E-state index contributed by atoms with van der Waals surface area (Å²) in [6.45, 7) is 6.62. The normalized spacial score (nSPS) is 11.3. The monoisotopic (exact) mass is 250 g/mol. The lowest BCUT2D eigenvalue weighted by Gasteiger charge is -2.28. The van der Waals surface area contributed by atoms with Gasteiger partial charge in [-0.15, -0.1) is 0 Å². The van der Waals surface area contributed by atoms with Crippen LogP contribution in [0.15, 0.2) is 12.4 Å². The second-order valence-corrected chi connectivity index (χ2v) is 4.52. The lowest BCUT2D eigenvalue weighted by atomic mass is 9.81. The van der Waals surface area contributed by atoms with Crippen molar-refractivity contribution in [2.75, 3.05) is 6.54 Å². The average Bonchev–Trinajstić information content (AvgIpc) is 2.41. The summed E-state index contributed by atoms with van der Waals surface area (Å²) in [5, 5.41) is 2.89. The van der Waals surface area contributed by atoms with E-state index in [0.29, 0.717) is 13.1 Å². The van der Waals surface area contributed by atoms with Crippen LogP contribution < -0.4 is 11.1 Å². The summed E-state index contributed by atoms with van der Waals surface area (Å²) in [4.78, 5) is 20.5. The topological polar surface area (TPSA) is 80.9 Å². The van der Waals surface area contributed by atoms with Gasteiger partial charge in [0.15, 0.2) is 0 Å². The Morgan fingerprint density at radius 3 is 2.44 bits per heavy atom. The fraction of sp³-hybridized carbons (Fsp3) is 0.615. The van der Waals surface area contributed by atoms with Gasteiger partial charge in [0, 0.05) is 12.7 Å². The maximum atomic E-state index is 12.2. The molecule has 0 aromatic carbocycles. The van der Waals surface area contributed by atoms with Crippen molar-refractivity contribution < 1.29 is 4.79 Å². The first-order chi connectivity index (χ1) is 8.57. The molecule has 0 unspecified atom stereocenters. The number of amides is 1. The molecule has 0 aliphatic carbocycles. The Kier molecular flexibility index (Phi) is 5.22. The molecule has 1 amide bonds. The minimum atomic E-state index is -0.460. The summed E-state index contributed by atoms with van der Waals surface area (Å²) in [5.41, 5.74) is 6.89. The number of rotatable bonds is 6. The van der Waals surface area contributed by atoms with E-state index in [1.165, 1.54) is 0 Å². The summed E-state index contributed by atoms with van der Waals surface area (Å²) >= 11 is 0. The van der Waals surface area contributed by atoms with E-state index in [4.69, 9.17) is 5.73 Å². The maximum absolute atomic E-state index is 12.2. The number of nitrogens with two attached hydrogens (primary N) is 1. The zero-order valence-electron chi connectivity index (χ0n) is 11.4. The maximum Gasteiger partial charge on any atom is 0.227 e. The number of carbonyl (C=O) groups excluding carboxylic acids is 1. The van der Waals surface area contributed by atoms with Crippen LogP contribution in [0.3, 0.4) is 0 Å². The van der Waals surface area contributed by atoms with Crippen LogP contribution in [0.2, 0.25) is 0 Å². The molecule has 5 heteroatoms. The number of nitrogens with zero attached hydrogens (tertiary/aromatic N) is 2. The van der Waals surface area contributed by atoms with E-state index in [0.717, 1.165) is 24.2 Å². The molecule has 0 atom stereocenters. The van der Waals surface area contributed by atoms with Gasteiger partial charge in [0.05, 0.1) is 29.5 Å². The van der Waals surface area contributed by atoms with Crippen molar-refractivity contribution in [3.63, 3.8) is 0 Å². The molecule has 5 nitrogen and oxygen atoms in total. The van der Waals surface area contributed by atoms with Gasteiger partial charge in [-0.1, -0.05) is 13.8 Å². The van der Waals surface area contributed by atoms with Crippen LogP contribution in [-0.4, -0.2) is 22.4 Å². The van der Waals surface area contributed by atoms with Gasteiger partial charge in [-0.3, -0.25) is 14.8 Å². The lowest BCUT2D eigenvalue weighted by Crippen LogP contribution is -2.45. The third-order valence-electron chi connectivity index (χ3n) is 3.49. The molecule has 0 fully saturated rings. The highest BCUT2D eigenvalue weighted by Crippen LogP contribution is 2.24. The van der Waals surface area contributed by atoms with Gasteiger partial charge < -0.3 is 11.1 Å². The fourth-order valence-corrected chi connectivity index (χ4v) is 1.82. The zero-order chi connectivity index (χ0) is 13.6. The Bertz CT molecular complexity index is 376. The van der Waals surface area contributed by atoms with E-state index in [-0.39, 0.29) is 5.91 Å². The van der Waals surface area contributed by atoms with Crippen LogP contribution in [-0.2, 0) is 11.3 Å². The van der Waals surface area contributed by atoms with E-state index in [9.17, 15) is 4.79 Å². The lowest BCUT2D eigenvalue weighted by molar-refractivity contribution is -0.131. The van der Waals surface area contributed by atoms with E-state index in [1.54, 1.807) is 12.4 Å². The molecule has 0 saturated heterocycles. The predicted molar refractivity (Wildman–Crippen MR) is 70.7 cm³/mol. The Morgan fingerprint density at radius 2 is 2.00 bits per heavy atom. The minimum Gasteiger partial charge on any atom is -0.350 e. The van der Waals surface area contributed by atoms with Crippen LogP contribution in [0, 0.1) is 12.3 Å². The van der Waals surface area contributed by atoms with E-state index < -0.39 is 5.41 Å². The van der Waals surface area contributed by atoms with Crippen molar-refractivity contribution in [3.05, 3.63) is 23.8 Å². The van der Waals surface area contributed by atoms with Crippen molar-refractivity contribution >= 4 is 5.91 Å². The van der Waals surface area contributed by atoms with E-state index in [1.807, 2.05) is 20.8 Å². The highest BCUT2D eigenvalue weighted by Gasteiger charge is 2.32. The third-order valence-corrected chi connectivity index (χ3v) is 3.49. The Morgan fingerprint density at radius 1 is 1.33 bits per heavy atom. The molecular formula is C13H22N4O. The number of hydrogen-bond donors (Lipinski definition) is 2. The van der Waals surface area contributed by atoms with Crippen LogP contribution in [0.5, 0.6) is 0 Å². The standard InChI is InChI=1S/C13H22N4O/c1-4-13(5-2,9-14)12(18)17-8-11-7-15-10(3)6-16-11/h6-7H,4-5,8-9,14H2,1-3H3,(H,17,18). The molecule has 0 spiro atoms. The summed E-state index contributed by atoms with van der Waals surface area (Å²) in [7, 11) is 0. The fourth-order valence-electron chi connectivity index (χ4n) is 1.82. The molecule has 0 radical (unpaired) electrons. The van der Waals surface area contributed by atoms with Crippen LogP contribution in [0.1, 0.15) is 38.1 Å². The molecule has 0 bridgehead atoms. The van der Waals surface area contributed by atoms with Crippen molar-refractivity contribution in [2.24, 2.45) is 11.1 Å².